The molecule has 2 saturated heterocycles. The third kappa shape index (κ3) is 1.92. The van der Waals surface area contributed by atoms with Gasteiger partial charge >= 0.3 is 5.97 Å². The molecule has 1 aromatic rings. The molecule has 1 spiro atoms. The number of carbonyl (C=O) groups excluding carboxylic acids is 1. The largest absolute Gasteiger partial charge is 0.451 e. The number of carbonyl (C=O) groups is 1. The van der Waals surface area contributed by atoms with Crippen molar-refractivity contribution >= 4 is 5.97 Å². The first-order valence-electron chi connectivity index (χ1n) is 13.1. The van der Waals surface area contributed by atoms with Crippen LogP contribution in [0.5, 0.6) is 0 Å². The number of aromatic nitrogens is 1. The van der Waals surface area contributed by atoms with Gasteiger partial charge in [0.05, 0.1) is 11.5 Å². The van der Waals surface area contributed by atoms with Crippen molar-refractivity contribution in [1.29, 1.82) is 0 Å². The van der Waals surface area contributed by atoms with Gasteiger partial charge in [0.2, 0.25) is 0 Å². The normalized spacial score (nSPS) is 57.3. The fourth-order valence-corrected chi connectivity index (χ4v) is 10.1. The minimum Gasteiger partial charge on any atom is -0.451 e. The fraction of sp³-hybridized carbons (Fsp3) is 0.815. The first kappa shape index (κ1) is 25.7. The summed E-state index contributed by atoms with van der Waals surface area (Å²) in [6.07, 6.45) is -0.968. The van der Waals surface area contributed by atoms with Crippen LogP contribution in [-0.4, -0.2) is 89.2 Å². The van der Waals surface area contributed by atoms with Crippen LogP contribution in [0.1, 0.15) is 64.4 Å². The van der Waals surface area contributed by atoms with Gasteiger partial charge in [-0.1, -0.05) is 27.7 Å². The number of hydrogen-bond donors (Lipinski definition) is 5. The van der Waals surface area contributed by atoms with E-state index in [9.17, 15) is 30.3 Å². The van der Waals surface area contributed by atoms with Crippen LogP contribution in [-0.2, 0) is 21.3 Å². The molecule has 11 atom stereocenters. The standard InChI is InChI=1S/C27H39NO9/c1-14(2)24(32)19(36-18(30)16-9-8-12-28(16)6)25(33)20(4)13-23(35-7)21(24,5)27(25,34)26(37-23)17(29)15(3)10-11-22(20,26)31/h8-9,12,14-15,17,19,29,31-34H,10-11,13H2,1-7H3/t15-,17+,19+,20-,21-,22-,23-,24+,25+,26+,27+/m0/s1. The number of nitrogens with zero attached hydrogens (tertiary/aromatic N) is 1. The van der Waals surface area contributed by atoms with Gasteiger partial charge in [0.25, 0.3) is 0 Å². The Morgan fingerprint density at radius 2 is 1.86 bits per heavy atom. The highest BCUT2D eigenvalue weighted by Gasteiger charge is 3.10. The maximum Gasteiger partial charge on any atom is 0.355 e. The van der Waals surface area contributed by atoms with E-state index in [0.717, 1.165) is 0 Å². The molecule has 7 rings (SSSR count). The Hall–Kier alpha value is -1.53. The van der Waals surface area contributed by atoms with E-state index in [1.165, 1.54) is 7.11 Å². The molecule has 10 nitrogen and oxygen atoms in total. The van der Waals surface area contributed by atoms with Crippen molar-refractivity contribution in [3.05, 3.63) is 24.0 Å². The summed E-state index contributed by atoms with van der Waals surface area (Å²) in [7, 11) is 3.06. The van der Waals surface area contributed by atoms with Gasteiger partial charge in [0.15, 0.2) is 17.5 Å². The van der Waals surface area contributed by atoms with Crippen LogP contribution in [0.3, 0.4) is 0 Å². The molecule has 6 aliphatic rings. The summed E-state index contributed by atoms with van der Waals surface area (Å²) < 4.78 is 20.2. The van der Waals surface area contributed by atoms with E-state index in [-0.39, 0.29) is 18.5 Å². The third-order valence-electron chi connectivity index (χ3n) is 11.9. The predicted molar refractivity (Wildman–Crippen MR) is 128 cm³/mol. The van der Waals surface area contributed by atoms with E-state index in [4.69, 9.17) is 14.2 Å². The SMILES string of the molecule is CO[C@@]12C[C@@]3(C)[C@@]4(O)CC[C@H](C)[C@@H](O)[C@]4(O1)[C@]1(O)[C@@]3(O)[C@H](OC(=O)c3cccn3C)[C@](O)(C(C)C)[C@]21C. The van der Waals surface area contributed by atoms with Crippen LogP contribution in [0.15, 0.2) is 18.3 Å². The fourth-order valence-electron chi connectivity index (χ4n) is 10.1. The Morgan fingerprint density at radius 3 is 2.41 bits per heavy atom. The Balaban J connectivity index is 1.70. The van der Waals surface area contributed by atoms with Crippen LogP contribution in [0.2, 0.25) is 0 Å². The van der Waals surface area contributed by atoms with E-state index in [2.05, 4.69) is 0 Å². The van der Waals surface area contributed by atoms with Gasteiger partial charge in [-0.25, -0.2) is 4.79 Å². The molecule has 3 heterocycles. The van der Waals surface area contributed by atoms with Gasteiger partial charge in [-0.15, -0.1) is 0 Å². The van der Waals surface area contributed by atoms with Crippen LogP contribution in [0.25, 0.3) is 0 Å². The summed E-state index contributed by atoms with van der Waals surface area (Å²) in [6, 6.07) is 3.23. The van der Waals surface area contributed by atoms with Crippen molar-refractivity contribution in [2.45, 2.75) is 99.9 Å². The van der Waals surface area contributed by atoms with E-state index < -0.39 is 74.6 Å². The summed E-state index contributed by atoms with van der Waals surface area (Å²) in [5.74, 6) is -3.58. The molecule has 1 aromatic heterocycles. The third-order valence-corrected chi connectivity index (χ3v) is 11.9. The highest BCUT2D eigenvalue weighted by Crippen LogP contribution is 2.91. The first-order chi connectivity index (χ1) is 17.0. The summed E-state index contributed by atoms with van der Waals surface area (Å²) in [5, 5.41) is 63.0. The molecule has 5 N–H and O–H groups in total. The average Bonchev–Trinajstić information content (AvgIpc) is 3.38. The molecule has 4 saturated carbocycles. The highest BCUT2D eigenvalue weighted by molar-refractivity contribution is 5.88. The molecule has 0 radical (unpaired) electrons. The molecule has 10 heteroatoms. The minimum atomic E-state index is -2.46. The number of hydrogen-bond acceptors (Lipinski definition) is 9. The Bertz CT molecular complexity index is 1200. The predicted octanol–water partition coefficient (Wildman–Crippen LogP) is 0.477. The van der Waals surface area contributed by atoms with Crippen molar-refractivity contribution < 1.29 is 44.5 Å². The second kappa shape index (κ2) is 6.60. The summed E-state index contributed by atoms with van der Waals surface area (Å²) in [6.45, 7) is 8.39. The Labute approximate surface area is 216 Å². The maximum atomic E-state index is 13.5. The van der Waals surface area contributed by atoms with Crippen LogP contribution in [0, 0.1) is 22.7 Å². The monoisotopic (exact) mass is 521 g/mol. The van der Waals surface area contributed by atoms with Gasteiger partial charge in [0, 0.05) is 32.2 Å². The number of rotatable bonds is 4. The molecule has 0 aromatic carbocycles. The number of aliphatic hydroxyl groups excluding tert-OH is 1. The van der Waals surface area contributed by atoms with E-state index in [1.807, 2.05) is 0 Å². The Kier molecular flexibility index (Phi) is 4.59. The lowest BCUT2D eigenvalue weighted by molar-refractivity contribution is -0.396. The molecule has 0 unspecified atom stereocenters. The van der Waals surface area contributed by atoms with Crippen molar-refractivity contribution in [2.75, 3.05) is 7.11 Å². The van der Waals surface area contributed by atoms with Crippen molar-refractivity contribution in [3.8, 4) is 0 Å². The molecular formula is C27H39NO9. The number of aryl methyl sites for hydroxylation is 1. The lowest BCUT2D eigenvalue weighted by atomic mass is 9.52. The lowest BCUT2D eigenvalue weighted by Gasteiger charge is -2.61. The molecule has 37 heavy (non-hydrogen) atoms. The second-order valence-electron chi connectivity index (χ2n) is 13.0. The molecular weight excluding hydrogens is 482 g/mol. The van der Waals surface area contributed by atoms with Crippen molar-refractivity contribution in [2.24, 2.45) is 29.7 Å². The molecule has 206 valence electrons. The summed E-state index contributed by atoms with van der Waals surface area (Å²) >= 11 is 0. The van der Waals surface area contributed by atoms with Gasteiger partial charge in [-0.3, -0.25) is 0 Å². The average molecular weight is 522 g/mol. The number of esters is 1. The zero-order valence-corrected chi connectivity index (χ0v) is 22.5. The summed E-state index contributed by atoms with van der Waals surface area (Å²) in [5.41, 5.74) is -14.2. The molecule has 6 fully saturated rings. The van der Waals surface area contributed by atoms with E-state index >= 15 is 0 Å². The van der Waals surface area contributed by atoms with Gasteiger partial charge in [-0.2, -0.15) is 0 Å². The second-order valence-corrected chi connectivity index (χ2v) is 13.0. The number of aliphatic hydroxyl groups is 5. The number of methoxy groups -OCH3 is 1. The quantitative estimate of drug-likeness (QED) is 0.356. The Morgan fingerprint density at radius 1 is 1.22 bits per heavy atom. The van der Waals surface area contributed by atoms with Crippen LogP contribution < -0.4 is 0 Å². The topological polar surface area (TPSA) is 151 Å². The van der Waals surface area contributed by atoms with Gasteiger partial charge in [0.1, 0.15) is 28.1 Å². The van der Waals surface area contributed by atoms with Crippen molar-refractivity contribution in [3.63, 3.8) is 0 Å². The van der Waals surface area contributed by atoms with Gasteiger partial charge < -0.3 is 44.3 Å². The number of ether oxygens (including phenoxy) is 3. The van der Waals surface area contributed by atoms with E-state index in [1.54, 1.807) is 64.6 Å². The first-order valence-corrected chi connectivity index (χ1v) is 13.1. The smallest absolute Gasteiger partial charge is 0.355 e. The van der Waals surface area contributed by atoms with E-state index in [0.29, 0.717) is 6.42 Å². The zero-order chi connectivity index (χ0) is 27.4. The van der Waals surface area contributed by atoms with Crippen LogP contribution in [0.4, 0.5) is 0 Å². The zero-order valence-electron chi connectivity index (χ0n) is 22.5. The van der Waals surface area contributed by atoms with Crippen molar-refractivity contribution in [1.82, 2.24) is 4.57 Å². The molecule has 0 amide bonds. The summed E-state index contributed by atoms with van der Waals surface area (Å²) in [4.78, 5) is 13.5. The molecule has 4 aliphatic carbocycles. The van der Waals surface area contributed by atoms with Crippen LogP contribution >= 0.6 is 0 Å². The minimum absolute atomic E-state index is 0.0988. The molecule has 6 bridgehead atoms. The maximum absolute atomic E-state index is 13.5. The highest BCUT2D eigenvalue weighted by atomic mass is 16.7. The van der Waals surface area contributed by atoms with Gasteiger partial charge in [-0.05, 0) is 43.7 Å². The molecule has 2 aliphatic heterocycles. The lowest BCUT2D eigenvalue weighted by Crippen LogP contribution is -2.75.